The molecule has 0 amide bonds. The van der Waals surface area contributed by atoms with E-state index < -0.39 is 11.9 Å². The molecule has 108 valence electrons. The van der Waals surface area contributed by atoms with E-state index in [2.05, 4.69) is 15.3 Å². The molecule has 0 aliphatic heterocycles. The summed E-state index contributed by atoms with van der Waals surface area (Å²) in [7, 11) is 0. The zero-order chi connectivity index (χ0) is 15.3. The molecule has 0 saturated carbocycles. The lowest BCUT2D eigenvalue weighted by Crippen LogP contribution is -2.22. The van der Waals surface area contributed by atoms with Crippen LogP contribution in [0, 0.1) is 0 Å². The summed E-state index contributed by atoms with van der Waals surface area (Å²) >= 11 is 0. The highest BCUT2D eigenvalue weighted by Gasteiger charge is 2.15. The molecule has 0 bridgehead atoms. The maximum absolute atomic E-state index is 10.5. The monoisotopic (exact) mass is 280 g/mol. The van der Waals surface area contributed by atoms with Gasteiger partial charge >= 0.3 is 11.9 Å². The standard InChI is InChI=1S/C8H12N2O2.C4H4N2O2/c1-8(2,3)10-5-4-6(9-10)7(11)12;7-4(8)3-1-2-5-6-3/h4-5H,1-3H3,(H,11,12);1-2H,(H,5,6)(H,7,8). The van der Waals surface area contributed by atoms with Crippen LogP contribution < -0.4 is 0 Å². The van der Waals surface area contributed by atoms with Gasteiger partial charge in [0.05, 0.1) is 5.54 Å². The van der Waals surface area contributed by atoms with E-state index in [1.165, 1.54) is 18.3 Å². The Labute approximate surface area is 115 Å². The normalized spacial score (nSPS) is 10.6. The van der Waals surface area contributed by atoms with E-state index in [0.29, 0.717) is 0 Å². The van der Waals surface area contributed by atoms with Gasteiger partial charge in [-0.15, -0.1) is 0 Å². The Balaban J connectivity index is 0.000000217. The fourth-order valence-corrected chi connectivity index (χ4v) is 1.19. The van der Waals surface area contributed by atoms with Gasteiger partial charge in [-0.05, 0) is 32.9 Å². The van der Waals surface area contributed by atoms with Crippen molar-refractivity contribution in [3.8, 4) is 0 Å². The topological polar surface area (TPSA) is 121 Å². The summed E-state index contributed by atoms with van der Waals surface area (Å²) in [5.74, 6) is -1.97. The minimum atomic E-state index is -0.988. The van der Waals surface area contributed by atoms with Gasteiger partial charge in [0.2, 0.25) is 0 Å². The molecule has 0 saturated heterocycles. The number of carbonyl (C=O) groups is 2. The highest BCUT2D eigenvalue weighted by atomic mass is 16.4. The van der Waals surface area contributed by atoms with Gasteiger partial charge in [-0.3, -0.25) is 9.78 Å². The lowest BCUT2D eigenvalue weighted by atomic mass is 10.1. The molecule has 2 aromatic heterocycles. The van der Waals surface area contributed by atoms with Crippen LogP contribution in [0.5, 0.6) is 0 Å². The van der Waals surface area contributed by atoms with E-state index in [0.717, 1.165) is 0 Å². The molecule has 0 aliphatic rings. The van der Waals surface area contributed by atoms with Crippen LogP contribution in [0.25, 0.3) is 0 Å². The van der Waals surface area contributed by atoms with Crippen molar-refractivity contribution in [2.24, 2.45) is 0 Å². The molecule has 2 rings (SSSR count). The second-order valence-electron chi connectivity index (χ2n) is 4.90. The number of aromatic carboxylic acids is 2. The number of nitrogens with one attached hydrogen (secondary N) is 1. The number of nitrogens with zero attached hydrogens (tertiary/aromatic N) is 3. The van der Waals surface area contributed by atoms with Gasteiger partial charge in [0, 0.05) is 12.4 Å². The zero-order valence-corrected chi connectivity index (χ0v) is 11.4. The Morgan fingerprint density at radius 2 is 1.85 bits per heavy atom. The minimum absolute atomic E-state index is 0.0879. The first kappa shape index (κ1) is 15.4. The van der Waals surface area contributed by atoms with E-state index in [9.17, 15) is 9.59 Å². The van der Waals surface area contributed by atoms with E-state index in [4.69, 9.17) is 10.2 Å². The van der Waals surface area contributed by atoms with E-state index in [-0.39, 0.29) is 16.9 Å². The first-order chi connectivity index (χ1) is 9.21. The molecule has 0 radical (unpaired) electrons. The fraction of sp³-hybridized carbons (Fsp3) is 0.333. The molecule has 8 heteroatoms. The summed E-state index contributed by atoms with van der Waals surface area (Å²) in [6.45, 7) is 5.89. The van der Waals surface area contributed by atoms with Crippen LogP contribution in [-0.4, -0.2) is 42.1 Å². The number of aromatic nitrogens is 4. The van der Waals surface area contributed by atoms with E-state index >= 15 is 0 Å². The van der Waals surface area contributed by atoms with Crippen molar-refractivity contribution >= 4 is 11.9 Å². The molecule has 0 fully saturated rings. The summed E-state index contributed by atoms with van der Waals surface area (Å²) < 4.78 is 1.64. The molecule has 0 atom stereocenters. The van der Waals surface area contributed by atoms with E-state index in [1.807, 2.05) is 20.8 Å². The number of H-pyrrole nitrogens is 1. The molecule has 0 spiro atoms. The molecule has 2 aromatic rings. The predicted molar refractivity (Wildman–Crippen MR) is 69.7 cm³/mol. The third-order valence-electron chi connectivity index (χ3n) is 2.23. The quantitative estimate of drug-likeness (QED) is 0.765. The molecular weight excluding hydrogens is 264 g/mol. The lowest BCUT2D eigenvalue weighted by Gasteiger charge is -2.18. The second kappa shape index (κ2) is 6.00. The van der Waals surface area contributed by atoms with Crippen molar-refractivity contribution in [1.29, 1.82) is 0 Å². The average Bonchev–Trinajstić information content (AvgIpc) is 3.01. The third-order valence-corrected chi connectivity index (χ3v) is 2.23. The van der Waals surface area contributed by atoms with Crippen LogP contribution >= 0.6 is 0 Å². The van der Waals surface area contributed by atoms with Crippen molar-refractivity contribution in [3.05, 3.63) is 35.9 Å². The largest absolute Gasteiger partial charge is 0.477 e. The van der Waals surface area contributed by atoms with Crippen LogP contribution in [0.15, 0.2) is 24.5 Å². The first-order valence-corrected chi connectivity index (χ1v) is 5.74. The number of carboxylic acids is 2. The Morgan fingerprint density at radius 1 is 1.20 bits per heavy atom. The van der Waals surface area contributed by atoms with Crippen molar-refractivity contribution in [2.45, 2.75) is 26.3 Å². The SMILES string of the molecule is CC(C)(C)n1ccc(C(=O)O)n1.O=C(O)c1ccn[nH]1. The smallest absolute Gasteiger partial charge is 0.356 e. The molecule has 0 unspecified atom stereocenters. The van der Waals surface area contributed by atoms with Gasteiger partial charge in [-0.2, -0.15) is 10.2 Å². The fourth-order valence-electron chi connectivity index (χ4n) is 1.19. The summed E-state index contributed by atoms with van der Waals surface area (Å²) in [5.41, 5.74) is 0.0446. The van der Waals surface area contributed by atoms with Crippen molar-refractivity contribution in [1.82, 2.24) is 20.0 Å². The summed E-state index contributed by atoms with van der Waals surface area (Å²) in [6, 6.07) is 2.88. The summed E-state index contributed by atoms with van der Waals surface area (Å²) in [4.78, 5) is 20.5. The third kappa shape index (κ3) is 4.23. The molecular formula is C12H16N4O4. The van der Waals surface area contributed by atoms with Gasteiger partial charge < -0.3 is 10.2 Å². The lowest BCUT2D eigenvalue weighted by molar-refractivity contribution is 0.0678. The number of carboxylic acid groups (broad SMARTS) is 2. The molecule has 0 aromatic carbocycles. The van der Waals surface area contributed by atoms with Crippen LogP contribution in [0.1, 0.15) is 41.7 Å². The maximum Gasteiger partial charge on any atom is 0.356 e. The van der Waals surface area contributed by atoms with Gasteiger partial charge in [-0.1, -0.05) is 0 Å². The number of hydrogen-bond donors (Lipinski definition) is 3. The summed E-state index contributed by atoms with van der Waals surface area (Å²) in [5, 5.41) is 26.4. The average molecular weight is 280 g/mol. The minimum Gasteiger partial charge on any atom is -0.477 e. The number of rotatable bonds is 2. The van der Waals surface area contributed by atoms with Gasteiger partial charge in [-0.25, -0.2) is 9.59 Å². The molecule has 8 nitrogen and oxygen atoms in total. The molecule has 3 N–H and O–H groups in total. The van der Waals surface area contributed by atoms with E-state index in [1.54, 1.807) is 10.9 Å². The van der Waals surface area contributed by atoms with Gasteiger partial charge in [0.1, 0.15) is 5.69 Å². The van der Waals surface area contributed by atoms with Gasteiger partial charge in [0.25, 0.3) is 0 Å². The van der Waals surface area contributed by atoms with Crippen LogP contribution in [0.2, 0.25) is 0 Å². The van der Waals surface area contributed by atoms with Gasteiger partial charge in [0.15, 0.2) is 5.69 Å². The Hall–Kier alpha value is -2.64. The molecule has 20 heavy (non-hydrogen) atoms. The van der Waals surface area contributed by atoms with Crippen LogP contribution in [-0.2, 0) is 5.54 Å². The van der Waals surface area contributed by atoms with Crippen LogP contribution in [0.4, 0.5) is 0 Å². The Bertz CT molecular complexity index is 581. The zero-order valence-electron chi connectivity index (χ0n) is 11.4. The molecule has 0 aliphatic carbocycles. The molecule has 2 heterocycles. The Kier molecular flexibility index (Phi) is 4.63. The van der Waals surface area contributed by atoms with Crippen molar-refractivity contribution in [2.75, 3.05) is 0 Å². The number of hydrogen-bond acceptors (Lipinski definition) is 4. The van der Waals surface area contributed by atoms with Crippen molar-refractivity contribution < 1.29 is 19.8 Å². The maximum atomic E-state index is 10.5. The highest BCUT2D eigenvalue weighted by Crippen LogP contribution is 2.12. The highest BCUT2D eigenvalue weighted by molar-refractivity contribution is 5.85. The van der Waals surface area contributed by atoms with Crippen LogP contribution in [0.3, 0.4) is 0 Å². The first-order valence-electron chi connectivity index (χ1n) is 5.74. The predicted octanol–water partition coefficient (Wildman–Crippen LogP) is 1.44. The number of aromatic amines is 1. The van der Waals surface area contributed by atoms with Crippen molar-refractivity contribution in [3.63, 3.8) is 0 Å². The second-order valence-corrected chi connectivity index (χ2v) is 4.90. The Morgan fingerprint density at radius 3 is 2.10 bits per heavy atom. The summed E-state index contributed by atoms with van der Waals surface area (Å²) in [6.07, 6.45) is 3.06.